The van der Waals surface area contributed by atoms with Gasteiger partial charge in [-0.3, -0.25) is 0 Å². The molecule has 1 heterocycles. The Labute approximate surface area is 103 Å². The molecule has 0 aliphatic carbocycles. The molecule has 0 amide bonds. The molecule has 1 atom stereocenters. The van der Waals surface area contributed by atoms with Crippen LogP contribution in [0, 0.1) is 5.82 Å². The van der Waals surface area contributed by atoms with Gasteiger partial charge in [0.15, 0.2) is 0 Å². The van der Waals surface area contributed by atoms with Crippen molar-refractivity contribution in [3.05, 3.63) is 29.6 Å². The van der Waals surface area contributed by atoms with E-state index in [2.05, 4.69) is 30.1 Å². The van der Waals surface area contributed by atoms with Crippen LogP contribution in [0.15, 0.2) is 18.2 Å². The van der Waals surface area contributed by atoms with Crippen molar-refractivity contribution in [3.8, 4) is 0 Å². The predicted molar refractivity (Wildman–Crippen MR) is 70.1 cm³/mol. The van der Waals surface area contributed by atoms with Gasteiger partial charge in [0.05, 0.1) is 5.69 Å². The van der Waals surface area contributed by atoms with Crippen molar-refractivity contribution in [1.82, 2.24) is 5.32 Å². The molecule has 1 aliphatic rings. The van der Waals surface area contributed by atoms with Crippen molar-refractivity contribution in [1.29, 1.82) is 0 Å². The molecule has 2 rings (SSSR count). The smallest absolute Gasteiger partial charge is 0.146 e. The Hall–Kier alpha value is -1.09. The second-order valence-electron chi connectivity index (χ2n) is 4.78. The SMILES string of the molecule is CCCc1ccc(N2CCNC[C@@H]2C)c(F)c1. The lowest BCUT2D eigenvalue weighted by molar-refractivity contribution is 0.490. The van der Waals surface area contributed by atoms with Gasteiger partial charge in [0, 0.05) is 25.7 Å². The van der Waals surface area contributed by atoms with Crippen molar-refractivity contribution in [2.24, 2.45) is 0 Å². The maximum atomic E-state index is 14.1. The summed E-state index contributed by atoms with van der Waals surface area (Å²) in [5.74, 6) is -0.0790. The third-order valence-corrected chi connectivity index (χ3v) is 3.36. The molecule has 1 aliphatic heterocycles. The molecule has 0 spiro atoms. The monoisotopic (exact) mass is 236 g/mol. The summed E-state index contributed by atoms with van der Waals surface area (Å²) in [6, 6.07) is 6.03. The third-order valence-electron chi connectivity index (χ3n) is 3.36. The van der Waals surface area contributed by atoms with Crippen LogP contribution in [0.2, 0.25) is 0 Å². The summed E-state index contributed by atoms with van der Waals surface area (Å²) >= 11 is 0. The molecule has 1 saturated heterocycles. The van der Waals surface area contributed by atoms with Gasteiger partial charge in [0.1, 0.15) is 5.82 Å². The quantitative estimate of drug-likeness (QED) is 0.867. The molecule has 0 bridgehead atoms. The molecule has 0 radical (unpaired) electrons. The Morgan fingerprint density at radius 3 is 2.94 bits per heavy atom. The standard InChI is InChI=1S/C14H21FN2/c1-3-4-12-5-6-14(13(15)9-12)17-8-7-16-10-11(17)2/h5-6,9,11,16H,3-4,7-8,10H2,1-2H3/t11-/m0/s1. The Morgan fingerprint density at radius 1 is 1.47 bits per heavy atom. The van der Waals surface area contributed by atoms with E-state index in [4.69, 9.17) is 0 Å². The first-order valence-electron chi connectivity index (χ1n) is 6.48. The second kappa shape index (κ2) is 5.50. The van der Waals surface area contributed by atoms with Gasteiger partial charge in [-0.15, -0.1) is 0 Å². The van der Waals surface area contributed by atoms with E-state index in [0.29, 0.717) is 6.04 Å². The first-order valence-corrected chi connectivity index (χ1v) is 6.48. The summed E-state index contributed by atoms with van der Waals surface area (Å²) in [5.41, 5.74) is 1.84. The maximum Gasteiger partial charge on any atom is 0.146 e. The molecule has 1 aromatic carbocycles. The molecule has 2 nitrogen and oxygen atoms in total. The fourth-order valence-corrected chi connectivity index (χ4v) is 2.43. The van der Waals surface area contributed by atoms with E-state index in [1.165, 1.54) is 0 Å². The van der Waals surface area contributed by atoms with E-state index >= 15 is 0 Å². The number of benzene rings is 1. The zero-order valence-corrected chi connectivity index (χ0v) is 10.7. The number of aryl methyl sites for hydroxylation is 1. The van der Waals surface area contributed by atoms with Crippen LogP contribution in [0.3, 0.4) is 0 Å². The van der Waals surface area contributed by atoms with Gasteiger partial charge in [-0.05, 0) is 31.0 Å². The highest BCUT2D eigenvalue weighted by Gasteiger charge is 2.20. The molecule has 1 fully saturated rings. The highest BCUT2D eigenvalue weighted by Crippen LogP contribution is 2.23. The zero-order valence-electron chi connectivity index (χ0n) is 10.7. The Bertz CT molecular complexity index is 378. The number of hydrogen-bond donors (Lipinski definition) is 1. The van der Waals surface area contributed by atoms with Crippen LogP contribution in [0.25, 0.3) is 0 Å². The van der Waals surface area contributed by atoms with Gasteiger partial charge in [-0.2, -0.15) is 0 Å². The lowest BCUT2D eigenvalue weighted by Crippen LogP contribution is -2.50. The van der Waals surface area contributed by atoms with Crippen molar-refractivity contribution >= 4 is 5.69 Å². The van der Waals surface area contributed by atoms with Crippen LogP contribution in [-0.4, -0.2) is 25.7 Å². The number of hydrogen-bond acceptors (Lipinski definition) is 2. The molecule has 94 valence electrons. The summed E-state index contributed by atoms with van der Waals surface area (Å²) in [6.07, 6.45) is 2.01. The van der Waals surface area contributed by atoms with E-state index < -0.39 is 0 Å². The largest absolute Gasteiger partial charge is 0.364 e. The number of rotatable bonds is 3. The van der Waals surface area contributed by atoms with Gasteiger partial charge < -0.3 is 10.2 Å². The number of nitrogens with one attached hydrogen (secondary N) is 1. The topological polar surface area (TPSA) is 15.3 Å². The summed E-state index contributed by atoms with van der Waals surface area (Å²) < 4.78 is 14.1. The van der Waals surface area contributed by atoms with Crippen LogP contribution in [0.5, 0.6) is 0 Å². The molecule has 0 aromatic heterocycles. The summed E-state index contributed by atoms with van der Waals surface area (Å²) in [5, 5.41) is 3.32. The minimum absolute atomic E-state index is 0.0790. The zero-order chi connectivity index (χ0) is 12.3. The number of nitrogens with zero attached hydrogens (tertiary/aromatic N) is 1. The summed E-state index contributed by atoms with van der Waals surface area (Å²) in [4.78, 5) is 2.15. The average molecular weight is 236 g/mol. The van der Waals surface area contributed by atoms with Crippen LogP contribution < -0.4 is 10.2 Å². The fourth-order valence-electron chi connectivity index (χ4n) is 2.43. The molecule has 0 unspecified atom stereocenters. The highest BCUT2D eigenvalue weighted by molar-refractivity contribution is 5.50. The number of anilines is 1. The van der Waals surface area contributed by atoms with Crippen molar-refractivity contribution in [3.63, 3.8) is 0 Å². The number of piperazine rings is 1. The Morgan fingerprint density at radius 2 is 2.29 bits per heavy atom. The third kappa shape index (κ3) is 2.78. The van der Waals surface area contributed by atoms with Gasteiger partial charge in [-0.25, -0.2) is 4.39 Å². The van der Waals surface area contributed by atoms with Gasteiger partial charge in [0.2, 0.25) is 0 Å². The van der Waals surface area contributed by atoms with E-state index in [9.17, 15) is 4.39 Å². The number of halogens is 1. The normalized spacial score (nSPS) is 20.6. The van der Waals surface area contributed by atoms with Crippen LogP contribution in [-0.2, 0) is 6.42 Å². The maximum absolute atomic E-state index is 14.1. The van der Waals surface area contributed by atoms with Gasteiger partial charge >= 0.3 is 0 Å². The van der Waals surface area contributed by atoms with Gasteiger partial charge in [0.25, 0.3) is 0 Å². The molecule has 1 N–H and O–H groups in total. The predicted octanol–water partition coefficient (Wildman–Crippen LogP) is 2.58. The van der Waals surface area contributed by atoms with E-state index in [0.717, 1.165) is 43.7 Å². The van der Waals surface area contributed by atoms with Crippen molar-refractivity contribution in [2.45, 2.75) is 32.7 Å². The minimum Gasteiger partial charge on any atom is -0.364 e. The lowest BCUT2D eigenvalue weighted by atomic mass is 10.1. The Balaban J connectivity index is 2.20. The molecule has 3 heteroatoms. The van der Waals surface area contributed by atoms with E-state index in [1.807, 2.05) is 6.07 Å². The average Bonchev–Trinajstić information content (AvgIpc) is 2.31. The van der Waals surface area contributed by atoms with E-state index in [-0.39, 0.29) is 5.82 Å². The molecular formula is C14H21FN2. The fraction of sp³-hybridized carbons (Fsp3) is 0.571. The molecule has 0 saturated carbocycles. The second-order valence-corrected chi connectivity index (χ2v) is 4.78. The molecular weight excluding hydrogens is 215 g/mol. The first kappa shape index (κ1) is 12.4. The van der Waals surface area contributed by atoms with E-state index in [1.54, 1.807) is 6.07 Å². The van der Waals surface area contributed by atoms with Crippen LogP contribution in [0.4, 0.5) is 10.1 Å². The summed E-state index contributed by atoms with van der Waals surface area (Å²) in [7, 11) is 0. The van der Waals surface area contributed by atoms with Crippen molar-refractivity contribution < 1.29 is 4.39 Å². The first-order chi connectivity index (χ1) is 8.22. The van der Waals surface area contributed by atoms with Crippen LogP contribution in [0.1, 0.15) is 25.8 Å². The van der Waals surface area contributed by atoms with Crippen LogP contribution >= 0.6 is 0 Å². The molecule has 1 aromatic rings. The molecule has 17 heavy (non-hydrogen) atoms. The minimum atomic E-state index is -0.0790. The summed E-state index contributed by atoms with van der Waals surface area (Å²) in [6.45, 7) is 6.98. The van der Waals surface area contributed by atoms with Gasteiger partial charge in [-0.1, -0.05) is 19.4 Å². The lowest BCUT2D eigenvalue weighted by Gasteiger charge is -2.36. The van der Waals surface area contributed by atoms with Crippen molar-refractivity contribution in [2.75, 3.05) is 24.5 Å². The Kier molecular flexibility index (Phi) is 4.00. The highest BCUT2D eigenvalue weighted by atomic mass is 19.1.